The molecule has 0 aliphatic carbocycles. The summed E-state index contributed by atoms with van der Waals surface area (Å²) in [4.78, 5) is 29.0. The van der Waals surface area contributed by atoms with E-state index in [0.717, 1.165) is 23.1 Å². The number of benzene rings is 3. The molecule has 0 spiro atoms. The summed E-state index contributed by atoms with van der Waals surface area (Å²) in [6.07, 6.45) is 2.09. The van der Waals surface area contributed by atoms with Crippen LogP contribution < -0.4 is 5.32 Å². The molecule has 0 aliphatic rings. The Bertz CT molecular complexity index is 1150. The largest absolute Gasteiger partial charge is 0.352 e. The van der Waals surface area contributed by atoms with Gasteiger partial charge in [0.05, 0.1) is 0 Å². The summed E-state index contributed by atoms with van der Waals surface area (Å²) in [5.74, 6) is -0.260. The normalized spacial score (nSPS) is 12.6. The van der Waals surface area contributed by atoms with Crippen molar-refractivity contribution in [2.75, 3.05) is 0 Å². The van der Waals surface area contributed by atoms with Crippen molar-refractivity contribution in [3.63, 3.8) is 0 Å². The third-order valence-corrected chi connectivity index (χ3v) is 6.96. The van der Waals surface area contributed by atoms with E-state index in [-0.39, 0.29) is 30.8 Å². The highest BCUT2D eigenvalue weighted by atomic mass is 35.5. The van der Waals surface area contributed by atoms with Crippen molar-refractivity contribution in [2.45, 2.75) is 65.1 Å². The number of halogens is 2. The highest BCUT2D eigenvalue weighted by molar-refractivity contribution is 6.35. The summed E-state index contributed by atoms with van der Waals surface area (Å²) < 4.78 is 0. The molecule has 0 aromatic heterocycles. The van der Waals surface area contributed by atoms with E-state index in [1.54, 1.807) is 17.0 Å². The summed E-state index contributed by atoms with van der Waals surface area (Å²) in [7, 11) is 0. The molecule has 0 bridgehead atoms. The SMILES string of the molecule is CC[C@H](C)NC(=O)[C@@H](Cc1ccccc1)N(Cc1ccc(Cl)cc1Cl)C(=O)CCc1ccc(C)cc1. The van der Waals surface area contributed by atoms with Gasteiger partial charge in [-0.15, -0.1) is 0 Å². The van der Waals surface area contributed by atoms with Crippen molar-refractivity contribution in [1.82, 2.24) is 10.2 Å². The van der Waals surface area contributed by atoms with Crippen LogP contribution in [0.4, 0.5) is 0 Å². The number of carbonyl (C=O) groups is 2. The van der Waals surface area contributed by atoms with Gasteiger partial charge in [0.2, 0.25) is 11.8 Å². The third-order valence-electron chi connectivity index (χ3n) is 6.38. The first kappa shape index (κ1) is 27.8. The van der Waals surface area contributed by atoms with Crippen LogP contribution in [0.3, 0.4) is 0 Å². The van der Waals surface area contributed by atoms with Crippen molar-refractivity contribution in [3.05, 3.63) is 105 Å². The lowest BCUT2D eigenvalue weighted by atomic mass is 10.0. The van der Waals surface area contributed by atoms with Crippen molar-refractivity contribution < 1.29 is 9.59 Å². The lowest BCUT2D eigenvalue weighted by molar-refractivity contribution is -0.141. The number of aryl methyl sites for hydroxylation is 2. The highest BCUT2D eigenvalue weighted by Gasteiger charge is 2.31. The van der Waals surface area contributed by atoms with Crippen molar-refractivity contribution in [3.8, 4) is 0 Å². The maximum atomic E-state index is 13.7. The summed E-state index contributed by atoms with van der Waals surface area (Å²) in [6.45, 7) is 6.25. The van der Waals surface area contributed by atoms with E-state index in [1.165, 1.54) is 5.56 Å². The van der Waals surface area contributed by atoms with Crippen LogP contribution in [-0.4, -0.2) is 28.8 Å². The van der Waals surface area contributed by atoms with E-state index in [4.69, 9.17) is 23.2 Å². The van der Waals surface area contributed by atoms with Gasteiger partial charge in [-0.1, -0.05) is 96.4 Å². The van der Waals surface area contributed by atoms with Crippen LogP contribution in [0.25, 0.3) is 0 Å². The fraction of sp³-hybridized carbons (Fsp3) is 0.333. The standard InChI is InChI=1S/C30H34Cl2N2O2/c1-4-22(3)33-30(36)28(18-24-8-6-5-7-9-24)34(20-25-15-16-26(31)19-27(25)32)29(35)17-14-23-12-10-21(2)11-13-23/h5-13,15-16,19,22,28H,4,14,17-18,20H2,1-3H3,(H,33,36)/t22-,28+/m0/s1. The minimum atomic E-state index is -0.682. The Morgan fingerprint density at radius 1 is 0.944 bits per heavy atom. The van der Waals surface area contributed by atoms with E-state index < -0.39 is 6.04 Å². The molecule has 0 aliphatic heterocycles. The van der Waals surface area contributed by atoms with Crippen molar-refractivity contribution in [1.29, 1.82) is 0 Å². The number of nitrogens with zero attached hydrogens (tertiary/aromatic N) is 1. The van der Waals surface area contributed by atoms with Gasteiger partial charge in [-0.2, -0.15) is 0 Å². The Labute approximate surface area is 224 Å². The Hall–Kier alpha value is -2.82. The molecule has 1 N–H and O–H groups in total. The molecule has 0 saturated carbocycles. The van der Waals surface area contributed by atoms with Crippen LogP contribution in [0.5, 0.6) is 0 Å². The molecule has 0 fully saturated rings. The molecule has 190 valence electrons. The second kappa shape index (κ2) is 13.5. The fourth-order valence-corrected chi connectivity index (χ4v) is 4.45. The number of carbonyl (C=O) groups excluding carboxylic acids is 2. The average Bonchev–Trinajstić information content (AvgIpc) is 2.87. The van der Waals surface area contributed by atoms with Crippen LogP contribution in [0.15, 0.2) is 72.8 Å². The minimum absolute atomic E-state index is 0.000552. The monoisotopic (exact) mass is 524 g/mol. The van der Waals surface area contributed by atoms with Gasteiger partial charge in [-0.3, -0.25) is 9.59 Å². The third kappa shape index (κ3) is 8.11. The van der Waals surface area contributed by atoms with Crippen LogP contribution in [0, 0.1) is 6.92 Å². The highest BCUT2D eigenvalue weighted by Crippen LogP contribution is 2.25. The molecule has 4 nitrogen and oxygen atoms in total. The predicted molar refractivity (Wildman–Crippen MR) is 148 cm³/mol. The maximum Gasteiger partial charge on any atom is 0.243 e. The average molecular weight is 526 g/mol. The van der Waals surface area contributed by atoms with E-state index >= 15 is 0 Å². The van der Waals surface area contributed by atoms with Gasteiger partial charge >= 0.3 is 0 Å². The van der Waals surface area contributed by atoms with Crippen molar-refractivity contribution >= 4 is 35.0 Å². The number of rotatable bonds is 11. The number of hydrogen-bond donors (Lipinski definition) is 1. The first-order valence-electron chi connectivity index (χ1n) is 12.4. The number of hydrogen-bond acceptors (Lipinski definition) is 2. The van der Waals surface area contributed by atoms with Gasteiger partial charge in [-0.05, 0) is 55.5 Å². The molecule has 36 heavy (non-hydrogen) atoms. The smallest absolute Gasteiger partial charge is 0.243 e. The Morgan fingerprint density at radius 3 is 2.28 bits per heavy atom. The van der Waals surface area contributed by atoms with Crippen LogP contribution in [-0.2, 0) is 29.0 Å². The molecular weight excluding hydrogens is 491 g/mol. The van der Waals surface area contributed by atoms with Gasteiger partial charge < -0.3 is 10.2 Å². The molecule has 0 unspecified atom stereocenters. The second-order valence-corrected chi connectivity index (χ2v) is 10.1. The van der Waals surface area contributed by atoms with Gasteiger partial charge in [0.15, 0.2) is 0 Å². The van der Waals surface area contributed by atoms with E-state index in [9.17, 15) is 9.59 Å². The predicted octanol–water partition coefficient (Wildman–Crippen LogP) is 6.79. The quantitative estimate of drug-likeness (QED) is 0.300. The molecule has 2 atom stereocenters. The lowest BCUT2D eigenvalue weighted by Gasteiger charge is -2.32. The summed E-state index contributed by atoms with van der Waals surface area (Å²) in [5, 5.41) is 4.08. The first-order chi connectivity index (χ1) is 17.3. The summed E-state index contributed by atoms with van der Waals surface area (Å²) >= 11 is 12.6. The van der Waals surface area contributed by atoms with Gasteiger partial charge in [0.25, 0.3) is 0 Å². The van der Waals surface area contributed by atoms with Crippen LogP contribution in [0.2, 0.25) is 10.0 Å². The number of nitrogens with one attached hydrogen (secondary N) is 1. The van der Waals surface area contributed by atoms with E-state index in [1.807, 2.05) is 81.4 Å². The molecular formula is C30H34Cl2N2O2. The summed E-state index contributed by atoms with van der Waals surface area (Å²) in [5.41, 5.74) is 4.00. The molecule has 3 aromatic rings. The zero-order valence-corrected chi connectivity index (χ0v) is 22.6. The Balaban J connectivity index is 1.93. The molecule has 6 heteroatoms. The van der Waals surface area contributed by atoms with Gasteiger partial charge in [-0.25, -0.2) is 0 Å². The topological polar surface area (TPSA) is 49.4 Å². The fourth-order valence-electron chi connectivity index (χ4n) is 3.98. The van der Waals surface area contributed by atoms with Crippen LogP contribution in [0.1, 0.15) is 48.9 Å². The zero-order valence-electron chi connectivity index (χ0n) is 21.1. The van der Waals surface area contributed by atoms with Gasteiger partial charge in [0.1, 0.15) is 6.04 Å². The Kier molecular flexibility index (Phi) is 10.4. The van der Waals surface area contributed by atoms with Crippen LogP contribution >= 0.6 is 23.2 Å². The molecule has 0 saturated heterocycles. The zero-order chi connectivity index (χ0) is 26.1. The Morgan fingerprint density at radius 2 is 1.64 bits per heavy atom. The molecule has 0 heterocycles. The van der Waals surface area contributed by atoms with Crippen molar-refractivity contribution in [2.24, 2.45) is 0 Å². The van der Waals surface area contributed by atoms with Gasteiger partial charge in [0, 0.05) is 35.5 Å². The maximum absolute atomic E-state index is 13.7. The van der Waals surface area contributed by atoms with E-state index in [0.29, 0.717) is 22.9 Å². The second-order valence-electron chi connectivity index (χ2n) is 9.27. The van der Waals surface area contributed by atoms with E-state index in [2.05, 4.69) is 5.32 Å². The molecule has 3 rings (SSSR count). The number of amides is 2. The molecule has 2 amide bonds. The summed E-state index contributed by atoms with van der Waals surface area (Å²) in [6, 6.07) is 22.5. The molecule has 3 aromatic carbocycles. The molecule has 0 radical (unpaired) electrons. The minimum Gasteiger partial charge on any atom is -0.352 e. The first-order valence-corrected chi connectivity index (χ1v) is 13.2. The lowest BCUT2D eigenvalue weighted by Crippen LogP contribution is -2.52.